The highest BCUT2D eigenvalue weighted by Gasteiger charge is 2.30. The Hall–Kier alpha value is -0.980. The molecule has 0 bridgehead atoms. The number of phenols is 1. The Morgan fingerprint density at radius 2 is 2.16 bits per heavy atom. The number of benzene rings is 1. The Labute approximate surface area is 118 Å². The molecule has 0 aliphatic carbocycles. The highest BCUT2D eigenvalue weighted by molar-refractivity contribution is 7.90. The zero-order chi connectivity index (χ0) is 14.0. The highest BCUT2D eigenvalue weighted by Crippen LogP contribution is 2.32. The van der Waals surface area contributed by atoms with Crippen molar-refractivity contribution in [2.24, 2.45) is 0 Å². The summed E-state index contributed by atoms with van der Waals surface area (Å²) in [5, 5.41) is 9.87. The summed E-state index contributed by atoms with van der Waals surface area (Å²) in [7, 11) is -3.66. The molecule has 1 aromatic carbocycles. The minimum Gasteiger partial charge on any atom is -0.504 e. The van der Waals surface area contributed by atoms with Crippen molar-refractivity contribution in [2.45, 2.75) is 32.2 Å². The molecule has 0 spiro atoms. The van der Waals surface area contributed by atoms with Crippen LogP contribution < -0.4 is 4.72 Å². The Morgan fingerprint density at radius 3 is 2.84 bits per heavy atom. The third-order valence-corrected chi connectivity index (χ3v) is 5.22. The van der Waals surface area contributed by atoms with Crippen LogP contribution in [-0.4, -0.2) is 30.4 Å². The van der Waals surface area contributed by atoms with Gasteiger partial charge in [0.05, 0.1) is 10.7 Å². The normalized spacial score (nSPS) is 21.3. The zero-order valence-electron chi connectivity index (χ0n) is 10.6. The van der Waals surface area contributed by atoms with E-state index in [4.69, 9.17) is 11.6 Å². The topological polar surface area (TPSA) is 69.6 Å². The number of piperidine rings is 1. The van der Waals surface area contributed by atoms with E-state index in [1.54, 1.807) is 6.07 Å². The number of nitrogens with zero attached hydrogens (tertiary/aromatic N) is 1. The summed E-state index contributed by atoms with van der Waals surface area (Å²) in [6.45, 7) is 2.38. The van der Waals surface area contributed by atoms with Crippen LogP contribution in [0.5, 0.6) is 5.75 Å². The summed E-state index contributed by atoms with van der Waals surface area (Å²) in [4.78, 5) is 0. The lowest BCUT2D eigenvalue weighted by Gasteiger charge is -2.32. The molecule has 5 nitrogen and oxygen atoms in total. The molecule has 0 aromatic heterocycles. The van der Waals surface area contributed by atoms with Gasteiger partial charge in [-0.2, -0.15) is 12.7 Å². The van der Waals surface area contributed by atoms with Crippen molar-refractivity contribution < 1.29 is 13.5 Å². The predicted molar refractivity (Wildman–Crippen MR) is 75.7 cm³/mol. The zero-order valence-corrected chi connectivity index (χ0v) is 12.2. The first kappa shape index (κ1) is 14.4. The molecule has 1 fully saturated rings. The van der Waals surface area contributed by atoms with Crippen molar-refractivity contribution in [2.75, 3.05) is 11.3 Å². The summed E-state index contributed by atoms with van der Waals surface area (Å²) >= 11 is 5.76. The summed E-state index contributed by atoms with van der Waals surface area (Å²) in [5.41, 5.74) is 0.102. The maximum absolute atomic E-state index is 12.3. The van der Waals surface area contributed by atoms with E-state index in [2.05, 4.69) is 4.72 Å². The van der Waals surface area contributed by atoms with Crippen LogP contribution in [-0.2, 0) is 10.2 Å². The molecule has 0 saturated carbocycles. The van der Waals surface area contributed by atoms with E-state index in [1.165, 1.54) is 16.4 Å². The van der Waals surface area contributed by atoms with Crippen LogP contribution in [0.1, 0.15) is 26.2 Å². The molecule has 1 aromatic rings. The second-order valence-electron chi connectivity index (χ2n) is 4.70. The molecule has 1 aliphatic heterocycles. The van der Waals surface area contributed by atoms with Crippen molar-refractivity contribution in [3.63, 3.8) is 0 Å². The van der Waals surface area contributed by atoms with E-state index in [0.29, 0.717) is 6.54 Å². The van der Waals surface area contributed by atoms with E-state index >= 15 is 0 Å². The number of aromatic hydroxyl groups is 1. The van der Waals surface area contributed by atoms with Crippen LogP contribution >= 0.6 is 11.6 Å². The Kier molecular flexibility index (Phi) is 4.23. The molecule has 7 heteroatoms. The van der Waals surface area contributed by atoms with Crippen LogP contribution in [0.2, 0.25) is 5.02 Å². The molecule has 106 valence electrons. The molecular weight excluding hydrogens is 288 g/mol. The van der Waals surface area contributed by atoms with Crippen LogP contribution in [0.4, 0.5) is 5.69 Å². The first-order valence-corrected chi connectivity index (χ1v) is 8.00. The van der Waals surface area contributed by atoms with Crippen molar-refractivity contribution in [3.05, 3.63) is 23.2 Å². The quantitative estimate of drug-likeness (QED) is 0.843. The SMILES string of the molecule is CC1CCCCN1S(=O)(=O)Nc1cccc(Cl)c1O. The molecule has 1 heterocycles. The lowest BCUT2D eigenvalue weighted by Crippen LogP contribution is -2.44. The maximum atomic E-state index is 12.3. The Balaban J connectivity index is 2.23. The Bertz CT molecular complexity index is 562. The monoisotopic (exact) mass is 304 g/mol. The van der Waals surface area contributed by atoms with E-state index in [9.17, 15) is 13.5 Å². The number of para-hydroxylation sites is 1. The largest absolute Gasteiger partial charge is 0.504 e. The van der Waals surface area contributed by atoms with Gasteiger partial charge in [0.2, 0.25) is 0 Å². The smallest absolute Gasteiger partial charge is 0.302 e. The summed E-state index contributed by atoms with van der Waals surface area (Å²) in [6, 6.07) is 4.53. The van der Waals surface area contributed by atoms with E-state index in [1.807, 2.05) is 6.92 Å². The maximum Gasteiger partial charge on any atom is 0.302 e. The lowest BCUT2D eigenvalue weighted by atomic mass is 10.1. The molecule has 1 unspecified atom stereocenters. The van der Waals surface area contributed by atoms with Gasteiger partial charge in [0.25, 0.3) is 0 Å². The van der Waals surface area contributed by atoms with Gasteiger partial charge in [-0.15, -0.1) is 0 Å². The number of halogens is 1. The minimum absolute atomic E-state index is 0.0347. The molecule has 1 atom stereocenters. The second kappa shape index (κ2) is 5.56. The molecule has 0 radical (unpaired) electrons. The van der Waals surface area contributed by atoms with Crippen molar-refractivity contribution >= 4 is 27.5 Å². The van der Waals surface area contributed by atoms with Crippen molar-refractivity contribution in [1.29, 1.82) is 0 Å². The average Bonchev–Trinajstić information content (AvgIpc) is 2.35. The van der Waals surface area contributed by atoms with Crippen molar-refractivity contribution in [3.8, 4) is 5.75 Å². The number of anilines is 1. The minimum atomic E-state index is -3.66. The molecule has 2 N–H and O–H groups in total. The summed E-state index contributed by atoms with van der Waals surface area (Å²) in [6.07, 6.45) is 2.74. The van der Waals surface area contributed by atoms with Gasteiger partial charge in [0, 0.05) is 12.6 Å². The third-order valence-electron chi connectivity index (χ3n) is 3.28. The fourth-order valence-electron chi connectivity index (χ4n) is 2.22. The number of phenolic OH excluding ortho intramolecular Hbond substituents is 1. The van der Waals surface area contributed by atoms with Crippen LogP contribution in [0.25, 0.3) is 0 Å². The van der Waals surface area contributed by atoms with E-state index in [-0.39, 0.29) is 22.5 Å². The number of hydrogen-bond donors (Lipinski definition) is 2. The highest BCUT2D eigenvalue weighted by atomic mass is 35.5. The second-order valence-corrected chi connectivity index (χ2v) is 6.73. The van der Waals surface area contributed by atoms with Gasteiger partial charge in [-0.1, -0.05) is 24.1 Å². The lowest BCUT2D eigenvalue weighted by molar-refractivity contribution is 0.270. The summed E-state index contributed by atoms with van der Waals surface area (Å²) in [5.74, 6) is -0.252. The molecule has 19 heavy (non-hydrogen) atoms. The fraction of sp³-hybridized carbons (Fsp3) is 0.500. The van der Waals surface area contributed by atoms with Gasteiger partial charge in [-0.05, 0) is 31.9 Å². The molecule has 0 amide bonds. The van der Waals surface area contributed by atoms with Crippen LogP contribution in [0.3, 0.4) is 0 Å². The van der Waals surface area contributed by atoms with Gasteiger partial charge in [0.15, 0.2) is 5.75 Å². The average molecular weight is 305 g/mol. The number of hydrogen-bond acceptors (Lipinski definition) is 3. The van der Waals surface area contributed by atoms with Crippen LogP contribution in [0, 0.1) is 0 Å². The first-order chi connectivity index (χ1) is 8.92. The standard InChI is InChI=1S/C12H17ClN2O3S/c1-9-5-2-3-8-15(9)19(17,18)14-11-7-4-6-10(13)12(11)16/h4,6-7,9,14,16H,2-3,5,8H2,1H3. The first-order valence-electron chi connectivity index (χ1n) is 6.19. The molecule has 1 saturated heterocycles. The van der Waals surface area contributed by atoms with E-state index in [0.717, 1.165) is 19.3 Å². The Morgan fingerprint density at radius 1 is 1.42 bits per heavy atom. The van der Waals surface area contributed by atoms with E-state index < -0.39 is 10.2 Å². The fourth-order valence-corrected chi connectivity index (χ4v) is 3.91. The molecule has 2 rings (SSSR count). The number of rotatable bonds is 3. The summed E-state index contributed by atoms with van der Waals surface area (Å²) < 4.78 is 28.4. The van der Waals surface area contributed by atoms with Gasteiger partial charge >= 0.3 is 10.2 Å². The van der Waals surface area contributed by atoms with Gasteiger partial charge in [0.1, 0.15) is 0 Å². The predicted octanol–water partition coefficient (Wildman–Crippen LogP) is 2.58. The number of nitrogens with one attached hydrogen (secondary N) is 1. The molecular formula is C12H17ClN2O3S. The van der Waals surface area contributed by atoms with Gasteiger partial charge in [-0.25, -0.2) is 0 Å². The van der Waals surface area contributed by atoms with Gasteiger partial charge in [-0.3, -0.25) is 4.72 Å². The molecule has 1 aliphatic rings. The third kappa shape index (κ3) is 3.13. The van der Waals surface area contributed by atoms with Crippen LogP contribution in [0.15, 0.2) is 18.2 Å². The van der Waals surface area contributed by atoms with Crippen molar-refractivity contribution in [1.82, 2.24) is 4.31 Å². The van der Waals surface area contributed by atoms with Gasteiger partial charge < -0.3 is 5.11 Å².